The Labute approximate surface area is 178 Å². The van der Waals surface area contributed by atoms with Crippen LogP contribution in [0.5, 0.6) is 0 Å². The van der Waals surface area contributed by atoms with Crippen LogP contribution in [0.4, 0.5) is 5.69 Å². The number of nitrogens with one attached hydrogen (secondary N) is 2. The van der Waals surface area contributed by atoms with Crippen molar-refractivity contribution in [2.24, 2.45) is 0 Å². The Morgan fingerprint density at radius 1 is 0.871 bits per heavy atom. The van der Waals surface area contributed by atoms with Crippen LogP contribution in [0.2, 0.25) is 0 Å². The first kappa shape index (κ1) is 20.0. The van der Waals surface area contributed by atoms with Crippen molar-refractivity contribution in [2.45, 2.75) is 12.5 Å². The summed E-state index contributed by atoms with van der Waals surface area (Å²) < 4.78 is 1.52. The maximum atomic E-state index is 13.0. The van der Waals surface area contributed by atoms with Gasteiger partial charge in [0.25, 0.3) is 5.91 Å². The van der Waals surface area contributed by atoms with Crippen molar-refractivity contribution in [1.29, 1.82) is 0 Å². The molecule has 1 aromatic heterocycles. The highest BCUT2D eigenvalue weighted by Gasteiger charge is 2.22. The van der Waals surface area contributed by atoms with Gasteiger partial charge in [-0.05, 0) is 52.4 Å². The van der Waals surface area contributed by atoms with Gasteiger partial charge in [0.15, 0.2) is 0 Å². The molecule has 0 bridgehead atoms. The van der Waals surface area contributed by atoms with Crippen molar-refractivity contribution >= 4 is 17.5 Å². The highest BCUT2D eigenvalue weighted by Crippen LogP contribution is 2.13. The van der Waals surface area contributed by atoms with Gasteiger partial charge in [-0.25, -0.2) is 4.68 Å². The van der Waals surface area contributed by atoms with E-state index < -0.39 is 6.04 Å². The molecule has 8 heteroatoms. The number of hydrogen-bond acceptors (Lipinski definition) is 5. The Morgan fingerprint density at radius 3 is 2.19 bits per heavy atom. The summed E-state index contributed by atoms with van der Waals surface area (Å²) in [5.41, 5.74) is 2.82. The molecule has 0 spiro atoms. The molecule has 0 unspecified atom stereocenters. The largest absolute Gasteiger partial charge is 0.340 e. The Kier molecular flexibility index (Phi) is 6.08. The second kappa shape index (κ2) is 9.45. The zero-order valence-corrected chi connectivity index (χ0v) is 16.6. The van der Waals surface area contributed by atoms with E-state index in [0.29, 0.717) is 17.7 Å². The van der Waals surface area contributed by atoms with Gasteiger partial charge in [-0.1, -0.05) is 48.5 Å². The Morgan fingerprint density at radius 2 is 1.55 bits per heavy atom. The minimum Gasteiger partial charge on any atom is -0.340 e. The predicted molar refractivity (Wildman–Crippen MR) is 116 cm³/mol. The molecule has 4 aromatic rings. The molecule has 0 radical (unpaired) electrons. The molecular formula is C23H20N6O2. The number of carbonyl (C=O) groups is 2. The monoisotopic (exact) mass is 412 g/mol. The SMILES string of the molecule is O=C(N[C@@H](Cc1ccccc1)C(=O)Nc1ccc(-n2cnnn2)cc1)c1ccccc1. The average molecular weight is 412 g/mol. The summed E-state index contributed by atoms with van der Waals surface area (Å²) in [5, 5.41) is 16.8. The van der Waals surface area contributed by atoms with Crippen LogP contribution in [0, 0.1) is 0 Å². The third-order valence-corrected chi connectivity index (χ3v) is 4.69. The molecule has 4 rings (SSSR count). The van der Waals surface area contributed by atoms with E-state index in [4.69, 9.17) is 0 Å². The fourth-order valence-electron chi connectivity index (χ4n) is 3.10. The Hall–Kier alpha value is -4.33. The van der Waals surface area contributed by atoms with E-state index in [-0.39, 0.29) is 11.8 Å². The summed E-state index contributed by atoms with van der Waals surface area (Å²) >= 11 is 0. The quantitative estimate of drug-likeness (QED) is 0.486. The molecule has 0 saturated carbocycles. The fraction of sp³-hybridized carbons (Fsp3) is 0.0870. The maximum absolute atomic E-state index is 13.0. The van der Waals surface area contributed by atoms with E-state index in [1.165, 1.54) is 11.0 Å². The minimum atomic E-state index is -0.741. The fourth-order valence-corrected chi connectivity index (χ4v) is 3.10. The number of tetrazole rings is 1. The van der Waals surface area contributed by atoms with Crippen LogP contribution in [-0.4, -0.2) is 38.1 Å². The van der Waals surface area contributed by atoms with E-state index in [1.807, 2.05) is 36.4 Å². The van der Waals surface area contributed by atoms with E-state index in [1.54, 1.807) is 48.5 Å². The van der Waals surface area contributed by atoms with Gasteiger partial charge in [0.1, 0.15) is 12.4 Å². The summed E-state index contributed by atoms with van der Waals surface area (Å²) in [4.78, 5) is 25.7. The van der Waals surface area contributed by atoms with Gasteiger partial charge in [0, 0.05) is 17.7 Å². The normalized spacial score (nSPS) is 11.5. The molecular weight excluding hydrogens is 392 g/mol. The van der Waals surface area contributed by atoms with Crippen molar-refractivity contribution in [2.75, 3.05) is 5.32 Å². The van der Waals surface area contributed by atoms with Crippen molar-refractivity contribution in [3.63, 3.8) is 0 Å². The summed E-state index contributed by atoms with van der Waals surface area (Å²) in [6, 6.07) is 24.8. The van der Waals surface area contributed by atoms with Gasteiger partial charge in [-0.3, -0.25) is 9.59 Å². The molecule has 0 saturated heterocycles. The van der Waals surface area contributed by atoms with Gasteiger partial charge < -0.3 is 10.6 Å². The first-order valence-corrected chi connectivity index (χ1v) is 9.73. The summed E-state index contributed by atoms with van der Waals surface area (Å²) in [5.74, 6) is -0.603. The van der Waals surface area contributed by atoms with Gasteiger partial charge in [-0.15, -0.1) is 5.10 Å². The van der Waals surface area contributed by atoms with E-state index in [0.717, 1.165) is 11.3 Å². The second-order valence-electron chi connectivity index (χ2n) is 6.87. The Balaban J connectivity index is 1.49. The zero-order chi connectivity index (χ0) is 21.5. The van der Waals surface area contributed by atoms with E-state index in [9.17, 15) is 9.59 Å². The third kappa shape index (κ3) is 5.18. The number of anilines is 1. The molecule has 0 aliphatic heterocycles. The van der Waals surface area contributed by atoms with Crippen LogP contribution in [0.3, 0.4) is 0 Å². The average Bonchev–Trinajstić information content (AvgIpc) is 3.35. The lowest BCUT2D eigenvalue weighted by Gasteiger charge is -2.19. The maximum Gasteiger partial charge on any atom is 0.251 e. The molecule has 2 N–H and O–H groups in total. The van der Waals surface area contributed by atoms with E-state index in [2.05, 4.69) is 26.2 Å². The number of carbonyl (C=O) groups excluding carboxylic acids is 2. The lowest BCUT2D eigenvalue weighted by Crippen LogP contribution is -2.45. The van der Waals surface area contributed by atoms with Crippen molar-refractivity contribution in [3.05, 3.63) is 102 Å². The van der Waals surface area contributed by atoms with Crippen molar-refractivity contribution in [3.8, 4) is 5.69 Å². The number of benzene rings is 3. The highest BCUT2D eigenvalue weighted by molar-refractivity contribution is 6.01. The first-order valence-electron chi connectivity index (χ1n) is 9.73. The lowest BCUT2D eigenvalue weighted by molar-refractivity contribution is -0.118. The molecule has 3 aromatic carbocycles. The van der Waals surface area contributed by atoms with Gasteiger partial charge in [0.2, 0.25) is 5.91 Å². The highest BCUT2D eigenvalue weighted by atomic mass is 16.2. The summed E-state index contributed by atoms with van der Waals surface area (Å²) in [6.45, 7) is 0. The number of aromatic nitrogens is 4. The lowest BCUT2D eigenvalue weighted by atomic mass is 10.0. The number of rotatable bonds is 7. The van der Waals surface area contributed by atoms with Crippen molar-refractivity contribution in [1.82, 2.24) is 25.5 Å². The molecule has 1 heterocycles. The van der Waals surface area contributed by atoms with Crippen molar-refractivity contribution < 1.29 is 9.59 Å². The molecule has 0 aliphatic rings. The first-order chi connectivity index (χ1) is 15.2. The smallest absolute Gasteiger partial charge is 0.251 e. The van der Waals surface area contributed by atoms with Crippen LogP contribution >= 0.6 is 0 Å². The van der Waals surface area contributed by atoms with Crippen LogP contribution in [0.15, 0.2) is 91.3 Å². The van der Waals surface area contributed by atoms with Crippen LogP contribution in [0.1, 0.15) is 15.9 Å². The molecule has 0 aliphatic carbocycles. The summed E-state index contributed by atoms with van der Waals surface area (Å²) in [6.07, 6.45) is 1.86. The molecule has 2 amide bonds. The molecule has 154 valence electrons. The van der Waals surface area contributed by atoms with Crippen LogP contribution in [0.25, 0.3) is 5.69 Å². The molecule has 1 atom stereocenters. The minimum absolute atomic E-state index is 0.300. The number of amides is 2. The summed E-state index contributed by atoms with van der Waals surface area (Å²) in [7, 11) is 0. The second-order valence-corrected chi connectivity index (χ2v) is 6.87. The van der Waals surface area contributed by atoms with Gasteiger partial charge >= 0.3 is 0 Å². The molecule has 8 nitrogen and oxygen atoms in total. The van der Waals surface area contributed by atoms with Gasteiger partial charge in [-0.2, -0.15) is 0 Å². The van der Waals surface area contributed by atoms with Gasteiger partial charge in [0.05, 0.1) is 5.69 Å². The topological polar surface area (TPSA) is 102 Å². The van der Waals surface area contributed by atoms with E-state index >= 15 is 0 Å². The Bertz CT molecular complexity index is 1130. The zero-order valence-electron chi connectivity index (χ0n) is 16.6. The molecule has 31 heavy (non-hydrogen) atoms. The molecule has 0 fully saturated rings. The number of nitrogens with zero attached hydrogens (tertiary/aromatic N) is 4. The predicted octanol–water partition coefficient (Wildman–Crippen LogP) is 2.64. The standard InChI is InChI=1S/C23H20N6O2/c30-22(18-9-5-2-6-10-18)26-21(15-17-7-3-1-4-8-17)23(31)25-19-11-13-20(14-12-19)29-16-24-27-28-29/h1-14,16,21H,15H2,(H,25,31)(H,26,30)/t21-/m0/s1. The van der Waals surface area contributed by atoms with Crippen LogP contribution in [-0.2, 0) is 11.2 Å². The third-order valence-electron chi connectivity index (χ3n) is 4.69. The van der Waals surface area contributed by atoms with Crippen LogP contribution < -0.4 is 10.6 Å². The number of hydrogen-bond donors (Lipinski definition) is 2.